The maximum Gasteiger partial charge on any atom is 0.338 e. The SMILES string of the molecule is O=C(OC[C@H]1CCCO1)c1ccccc1CN1C(=O)CNC1=O. The summed E-state index contributed by atoms with van der Waals surface area (Å²) in [6, 6.07) is 6.37. The van der Waals surface area contributed by atoms with Crippen molar-refractivity contribution in [1.82, 2.24) is 10.2 Å². The highest BCUT2D eigenvalue weighted by molar-refractivity contribution is 6.02. The first-order chi connectivity index (χ1) is 11.1. The summed E-state index contributed by atoms with van der Waals surface area (Å²) >= 11 is 0. The van der Waals surface area contributed by atoms with Crippen LogP contribution in [0, 0.1) is 0 Å². The molecule has 23 heavy (non-hydrogen) atoms. The lowest BCUT2D eigenvalue weighted by Crippen LogP contribution is -2.31. The zero-order chi connectivity index (χ0) is 16.2. The van der Waals surface area contributed by atoms with E-state index in [1.165, 1.54) is 0 Å². The molecule has 3 amide bonds. The number of hydrogen-bond donors (Lipinski definition) is 1. The van der Waals surface area contributed by atoms with Crippen LogP contribution in [0.4, 0.5) is 4.79 Å². The van der Waals surface area contributed by atoms with Gasteiger partial charge in [0.2, 0.25) is 5.91 Å². The number of nitrogens with one attached hydrogen (secondary N) is 1. The molecule has 1 aromatic rings. The number of nitrogens with zero attached hydrogens (tertiary/aromatic N) is 1. The van der Waals surface area contributed by atoms with E-state index in [1.807, 2.05) is 0 Å². The molecular weight excluding hydrogens is 300 g/mol. The van der Waals surface area contributed by atoms with E-state index < -0.39 is 12.0 Å². The predicted molar refractivity (Wildman–Crippen MR) is 79.6 cm³/mol. The van der Waals surface area contributed by atoms with Crippen molar-refractivity contribution in [2.24, 2.45) is 0 Å². The fourth-order valence-electron chi connectivity index (χ4n) is 2.67. The van der Waals surface area contributed by atoms with Gasteiger partial charge in [-0.2, -0.15) is 0 Å². The number of imide groups is 1. The molecule has 2 aliphatic rings. The average molecular weight is 318 g/mol. The van der Waals surface area contributed by atoms with Gasteiger partial charge in [0.25, 0.3) is 0 Å². The van der Waals surface area contributed by atoms with Crippen LogP contribution < -0.4 is 5.32 Å². The summed E-state index contributed by atoms with van der Waals surface area (Å²) in [5, 5.41) is 2.46. The van der Waals surface area contributed by atoms with Crippen molar-refractivity contribution in [2.45, 2.75) is 25.5 Å². The monoisotopic (exact) mass is 318 g/mol. The van der Waals surface area contributed by atoms with Crippen molar-refractivity contribution in [3.05, 3.63) is 35.4 Å². The van der Waals surface area contributed by atoms with E-state index in [0.717, 1.165) is 17.7 Å². The van der Waals surface area contributed by atoms with Crippen molar-refractivity contribution < 1.29 is 23.9 Å². The molecule has 1 atom stereocenters. The normalized spacial score (nSPS) is 20.7. The molecular formula is C16H18N2O5. The van der Waals surface area contributed by atoms with Crippen LogP contribution in [0.25, 0.3) is 0 Å². The fraction of sp³-hybridized carbons (Fsp3) is 0.438. The van der Waals surface area contributed by atoms with Gasteiger partial charge in [-0.05, 0) is 24.5 Å². The van der Waals surface area contributed by atoms with E-state index >= 15 is 0 Å². The highest BCUT2D eigenvalue weighted by Gasteiger charge is 2.29. The van der Waals surface area contributed by atoms with Crippen molar-refractivity contribution in [3.8, 4) is 0 Å². The largest absolute Gasteiger partial charge is 0.459 e. The molecule has 0 saturated carbocycles. The minimum absolute atomic E-state index is 0.00946. The number of carbonyl (C=O) groups is 3. The Morgan fingerprint density at radius 1 is 1.35 bits per heavy atom. The number of rotatable bonds is 5. The fourth-order valence-corrected chi connectivity index (χ4v) is 2.67. The number of amides is 3. The van der Waals surface area contributed by atoms with E-state index in [2.05, 4.69) is 5.32 Å². The predicted octanol–water partition coefficient (Wildman–Crippen LogP) is 1.07. The molecule has 1 N–H and O–H groups in total. The van der Waals surface area contributed by atoms with Gasteiger partial charge in [0, 0.05) is 6.61 Å². The quantitative estimate of drug-likeness (QED) is 0.648. The molecule has 0 aromatic heterocycles. The molecule has 2 aliphatic heterocycles. The van der Waals surface area contributed by atoms with E-state index in [9.17, 15) is 14.4 Å². The molecule has 3 rings (SSSR count). The number of hydrogen-bond acceptors (Lipinski definition) is 5. The van der Waals surface area contributed by atoms with E-state index in [0.29, 0.717) is 17.7 Å². The van der Waals surface area contributed by atoms with Gasteiger partial charge in [-0.3, -0.25) is 9.69 Å². The number of benzene rings is 1. The number of esters is 1. The second kappa shape index (κ2) is 6.78. The zero-order valence-electron chi connectivity index (χ0n) is 12.6. The topological polar surface area (TPSA) is 84.9 Å². The molecule has 0 radical (unpaired) electrons. The number of ether oxygens (including phenoxy) is 2. The van der Waals surface area contributed by atoms with Crippen LogP contribution in [0.5, 0.6) is 0 Å². The molecule has 7 nitrogen and oxygen atoms in total. The van der Waals surface area contributed by atoms with Gasteiger partial charge in [-0.25, -0.2) is 9.59 Å². The van der Waals surface area contributed by atoms with Gasteiger partial charge in [0.1, 0.15) is 6.61 Å². The van der Waals surface area contributed by atoms with Crippen molar-refractivity contribution in [3.63, 3.8) is 0 Å². The van der Waals surface area contributed by atoms with Crippen molar-refractivity contribution in [1.29, 1.82) is 0 Å². The molecule has 2 heterocycles. The van der Waals surface area contributed by atoms with E-state index in [4.69, 9.17) is 9.47 Å². The van der Waals surface area contributed by atoms with Crippen LogP contribution in [0.3, 0.4) is 0 Å². The van der Waals surface area contributed by atoms with Crippen LogP contribution in [0.1, 0.15) is 28.8 Å². The van der Waals surface area contributed by atoms with Gasteiger partial charge in [0.15, 0.2) is 0 Å². The van der Waals surface area contributed by atoms with E-state index in [1.54, 1.807) is 24.3 Å². The first-order valence-electron chi connectivity index (χ1n) is 7.60. The molecule has 1 aromatic carbocycles. The van der Waals surface area contributed by atoms with Crippen LogP contribution in [-0.4, -0.2) is 48.7 Å². The van der Waals surface area contributed by atoms with Crippen LogP contribution in [0.2, 0.25) is 0 Å². The van der Waals surface area contributed by atoms with Gasteiger partial charge >= 0.3 is 12.0 Å². The lowest BCUT2D eigenvalue weighted by Gasteiger charge is -2.16. The minimum atomic E-state index is -0.469. The highest BCUT2D eigenvalue weighted by atomic mass is 16.6. The second-order valence-electron chi connectivity index (χ2n) is 5.53. The van der Waals surface area contributed by atoms with Crippen molar-refractivity contribution >= 4 is 17.9 Å². The van der Waals surface area contributed by atoms with Gasteiger partial charge < -0.3 is 14.8 Å². The molecule has 0 bridgehead atoms. The Morgan fingerprint density at radius 2 is 2.17 bits per heavy atom. The summed E-state index contributed by atoms with van der Waals surface area (Å²) in [4.78, 5) is 36.7. The zero-order valence-corrected chi connectivity index (χ0v) is 12.6. The Labute approximate surface area is 133 Å². The first kappa shape index (κ1) is 15.5. The minimum Gasteiger partial charge on any atom is -0.459 e. The third-order valence-electron chi connectivity index (χ3n) is 3.93. The van der Waals surface area contributed by atoms with Gasteiger partial charge in [0.05, 0.1) is 24.8 Å². The summed E-state index contributed by atoms with van der Waals surface area (Å²) in [6.07, 6.45) is 1.82. The third kappa shape index (κ3) is 3.50. The molecule has 2 fully saturated rings. The summed E-state index contributed by atoms with van der Waals surface area (Å²) in [7, 11) is 0. The smallest absolute Gasteiger partial charge is 0.338 e. The number of carbonyl (C=O) groups excluding carboxylic acids is 3. The third-order valence-corrected chi connectivity index (χ3v) is 3.93. The maximum atomic E-state index is 12.3. The van der Waals surface area contributed by atoms with Crippen LogP contribution >= 0.6 is 0 Å². The Bertz CT molecular complexity index is 609. The van der Waals surface area contributed by atoms with Crippen LogP contribution in [-0.2, 0) is 20.8 Å². The summed E-state index contributed by atoms with van der Waals surface area (Å²) in [5.74, 6) is -0.777. The maximum absolute atomic E-state index is 12.3. The molecule has 0 spiro atoms. The Hall–Kier alpha value is -2.41. The Balaban J connectivity index is 1.68. The number of urea groups is 1. The molecule has 0 aliphatic carbocycles. The lowest BCUT2D eigenvalue weighted by molar-refractivity contribution is -0.125. The Kier molecular flexibility index (Phi) is 4.57. The standard InChI is InChI=1S/C16H18N2O5/c19-14-8-17-16(21)18(14)9-11-4-1-2-6-13(11)15(20)23-10-12-5-3-7-22-12/h1-2,4,6,12H,3,5,7-10H2,(H,17,21)/t12-/m1/s1. The lowest BCUT2D eigenvalue weighted by atomic mass is 10.1. The van der Waals surface area contributed by atoms with Gasteiger partial charge in [-0.1, -0.05) is 18.2 Å². The molecule has 7 heteroatoms. The summed E-state index contributed by atoms with van der Waals surface area (Å²) < 4.78 is 10.7. The second-order valence-corrected chi connectivity index (χ2v) is 5.53. The highest BCUT2D eigenvalue weighted by Crippen LogP contribution is 2.17. The molecule has 2 saturated heterocycles. The molecule has 0 unspecified atom stereocenters. The average Bonchev–Trinajstić information content (AvgIpc) is 3.18. The Morgan fingerprint density at radius 3 is 2.87 bits per heavy atom. The molecule has 122 valence electrons. The van der Waals surface area contributed by atoms with E-state index in [-0.39, 0.29) is 31.7 Å². The van der Waals surface area contributed by atoms with Crippen LogP contribution in [0.15, 0.2) is 24.3 Å². The van der Waals surface area contributed by atoms with Gasteiger partial charge in [-0.15, -0.1) is 0 Å². The summed E-state index contributed by atoms with van der Waals surface area (Å²) in [5.41, 5.74) is 0.938. The van der Waals surface area contributed by atoms with Crippen molar-refractivity contribution in [2.75, 3.05) is 19.8 Å². The summed E-state index contributed by atoms with van der Waals surface area (Å²) in [6.45, 7) is 0.960. The first-order valence-corrected chi connectivity index (χ1v) is 7.60.